The van der Waals surface area contributed by atoms with Gasteiger partial charge in [0.2, 0.25) is 0 Å². The molecule has 2 aromatic carbocycles. The predicted molar refractivity (Wildman–Crippen MR) is 107 cm³/mol. The van der Waals surface area contributed by atoms with Crippen LogP contribution in [-0.2, 0) is 9.53 Å². The minimum atomic E-state index is -0.595. The number of esters is 1. The van der Waals surface area contributed by atoms with E-state index in [9.17, 15) is 14.4 Å². The van der Waals surface area contributed by atoms with E-state index in [1.165, 1.54) is 20.3 Å². The first-order valence-corrected chi connectivity index (χ1v) is 9.79. The topological polar surface area (TPSA) is 78.9 Å². The number of benzene rings is 2. The first-order chi connectivity index (χ1) is 13.5. The third kappa shape index (κ3) is 5.85. The second-order valence-electron chi connectivity index (χ2n) is 5.81. The Bertz CT molecular complexity index is 844. The minimum absolute atomic E-state index is 0.0298. The van der Waals surface area contributed by atoms with Gasteiger partial charge in [-0.15, -0.1) is 11.8 Å². The van der Waals surface area contributed by atoms with Crippen LogP contribution in [-0.4, -0.2) is 44.6 Å². The third-order valence-corrected chi connectivity index (χ3v) is 4.78. The molecular weight excluding hydrogens is 380 g/mol. The van der Waals surface area contributed by atoms with Crippen LogP contribution in [0.5, 0.6) is 11.5 Å². The fourth-order valence-electron chi connectivity index (χ4n) is 2.45. The van der Waals surface area contributed by atoms with Crippen molar-refractivity contribution in [2.24, 2.45) is 0 Å². The molecule has 0 saturated heterocycles. The Labute approximate surface area is 168 Å². The average Bonchev–Trinajstić information content (AvgIpc) is 2.75. The zero-order chi connectivity index (χ0) is 20.5. The molecule has 0 radical (unpaired) electrons. The molecule has 6 nitrogen and oxygen atoms in total. The molecule has 2 aromatic rings. The molecule has 0 aliphatic carbocycles. The van der Waals surface area contributed by atoms with Crippen LogP contribution in [0.2, 0.25) is 0 Å². The van der Waals surface area contributed by atoms with E-state index in [1.807, 2.05) is 18.4 Å². The van der Waals surface area contributed by atoms with Crippen molar-refractivity contribution < 1.29 is 28.6 Å². The van der Waals surface area contributed by atoms with Gasteiger partial charge in [-0.2, -0.15) is 0 Å². The Morgan fingerprint density at radius 3 is 2.07 bits per heavy atom. The molecule has 0 bridgehead atoms. The van der Waals surface area contributed by atoms with E-state index in [-0.39, 0.29) is 24.4 Å². The molecule has 0 heterocycles. The molecule has 148 valence electrons. The summed E-state index contributed by atoms with van der Waals surface area (Å²) in [7, 11) is 2.97. The Balaban J connectivity index is 1.83. The molecule has 2 rings (SSSR count). The second kappa shape index (κ2) is 10.5. The number of hydrogen-bond donors (Lipinski definition) is 0. The van der Waals surface area contributed by atoms with E-state index >= 15 is 0 Å². The van der Waals surface area contributed by atoms with Crippen LogP contribution in [0.15, 0.2) is 47.4 Å². The number of ketones is 2. The summed E-state index contributed by atoms with van der Waals surface area (Å²) in [6, 6.07) is 11.9. The molecule has 0 aromatic heterocycles. The fraction of sp³-hybridized carbons (Fsp3) is 0.286. The number of carbonyl (C=O) groups excluding carboxylic acids is 3. The van der Waals surface area contributed by atoms with E-state index in [1.54, 1.807) is 36.0 Å². The van der Waals surface area contributed by atoms with Gasteiger partial charge in [-0.3, -0.25) is 14.4 Å². The highest BCUT2D eigenvalue weighted by atomic mass is 32.2. The molecule has 7 heteroatoms. The molecule has 0 aliphatic rings. The van der Waals surface area contributed by atoms with Crippen LogP contribution in [0.4, 0.5) is 0 Å². The SMILES string of the molecule is COc1ccc(C(=O)COC(=O)CCC(=O)c2ccc(SC)cc2)cc1OC. The lowest BCUT2D eigenvalue weighted by molar-refractivity contribution is -0.142. The van der Waals surface area contributed by atoms with Crippen molar-refractivity contribution in [3.8, 4) is 11.5 Å². The number of Topliss-reactive ketones (excluding diaryl/α,β-unsaturated/α-hetero) is 2. The van der Waals surface area contributed by atoms with Gasteiger partial charge >= 0.3 is 5.97 Å². The summed E-state index contributed by atoms with van der Waals surface area (Å²) in [5.74, 6) is -0.190. The molecule has 0 aliphatic heterocycles. The van der Waals surface area contributed by atoms with Crippen molar-refractivity contribution >= 4 is 29.3 Å². The van der Waals surface area contributed by atoms with Crippen molar-refractivity contribution in [1.82, 2.24) is 0 Å². The van der Waals surface area contributed by atoms with Crippen LogP contribution < -0.4 is 9.47 Å². The van der Waals surface area contributed by atoms with Gasteiger partial charge < -0.3 is 14.2 Å². The zero-order valence-corrected chi connectivity index (χ0v) is 16.8. The quantitative estimate of drug-likeness (QED) is 0.340. The van der Waals surface area contributed by atoms with E-state index in [0.717, 1.165) is 4.90 Å². The summed E-state index contributed by atoms with van der Waals surface area (Å²) < 4.78 is 15.3. The summed E-state index contributed by atoms with van der Waals surface area (Å²) in [5, 5.41) is 0. The molecule has 28 heavy (non-hydrogen) atoms. The number of methoxy groups -OCH3 is 2. The summed E-state index contributed by atoms with van der Waals surface area (Å²) in [4.78, 5) is 37.3. The first kappa shape index (κ1) is 21.5. The standard InChI is InChI=1S/C21H22O6S/c1-25-19-10-6-15(12-20(19)26-2)18(23)13-27-21(24)11-9-17(22)14-4-7-16(28-3)8-5-14/h4-8,10,12H,9,11,13H2,1-3H3. The Hall–Kier alpha value is -2.80. The van der Waals surface area contributed by atoms with Crippen LogP contribution in [0.25, 0.3) is 0 Å². The van der Waals surface area contributed by atoms with Crippen LogP contribution >= 0.6 is 11.8 Å². The van der Waals surface area contributed by atoms with Crippen molar-refractivity contribution in [1.29, 1.82) is 0 Å². The van der Waals surface area contributed by atoms with Crippen molar-refractivity contribution in [3.05, 3.63) is 53.6 Å². The molecule has 0 N–H and O–H groups in total. The average molecular weight is 402 g/mol. The zero-order valence-electron chi connectivity index (χ0n) is 16.0. The van der Waals surface area contributed by atoms with Crippen LogP contribution in [0, 0.1) is 0 Å². The van der Waals surface area contributed by atoms with Gasteiger partial charge in [0, 0.05) is 22.4 Å². The lowest BCUT2D eigenvalue weighted by atomic mass is 10.1. The molecule has 0 atom stereocenters. The molecule has 0 unspecified atom stereocenters. The number of rotatable bonds is 10. The maximum atomic E-state index is 12.2. The third-order valence-electron chi connectivity index (χ3n) is 4.04. The highest BCUT2D eigenvalue weighted by Gasteiger charge is 2.15. The summed E-state index contributed by atoms with van der Waals surface area (Å²) in [6.45, 7) is -0.398. The van der Waals surface area contributed by atoms with Crippen LogP contribution in [0.1, 0.15) is 33.6 Å². The summed E-state index contributed by atoms with van der Waals surface area (Å²) >= 11 is 1.59. The number of hydrogen-bond acceptors (Lipinski definition) is 7. The van der Waals surface area contributed by atoms with Gasteiger partial charge in [-0.05, 0) is 36.6 Å². The van der Waals surface area contributed by atoms with Crippen molar-refractivity contribution in [2.75, 3.05) is 27.1 Å². The summed E-state index contributed by atoms with van der Waals surface area (Å²) in [6.07, 6.45) is 1.90. The molecule has 0 fully saturated rings. The molecule has 0 saturated carbocycles. The number of carbonyl (C=O) groups is 3. The van der Waals surface area contributed by atoms with Crippen LogP contribution in [0.3, 0.4) is 0 Å². The molecule has 0 spiro atoms. The van der Waals surface area contributed by atoms with Gasteiger partial charge in [0.05, 0.1) is 20.6 Å². The lowest BCUT2D eigenvalue weighted by Crippen LogP contribution is -2.15. The van der Waals surface area contributed by atoms with Gasteiger partial charge in [0.15, 0.2) is 29.7 Å². The predicted octanol–water partition coefficient (Wildman–Crippen LogP) is 3.81. The Morgan fingerprint density at radius 1 is 0.821 bits per heavy atom. The Kier molecular flexibility index (Phi) is 8.07. The van der Waals surface area contributed by atoms with E-state index < -0.39 is 12.6 Å². The normalized spacial score (nSPS) is 10.2. The molecular formula is C21H22O6S. The van der Waals surface area contributed by atoms with Crippen molar-refractivity contribution in [2.45, 2.75) is 17.7 Å². The second-order valence-corrected chi connectivity index (χ2v) is 6.68. The van der Waals surface area contributed by atoms with Gasteiger partial charge in [0.25, 0.3) is 0 Å². The summed E-state index contributed by atoms with van der Waals surface area (Å²) in [5.41, 5.74) is 0.891. The smallest absolute Gasteiger partial charge is 0.306 e. The van der Waals surface area contributed by atoms with E-state index in [2.05, 4.69) is 0 Å². The van der Waals surface area contributed by atoms with E-state index in [0.29, 0.717) is 22.6 Å². The first-order valence-electron chi connectivity index (χ1n) is 8.56. The Morgan fingerprint density at radius 2 is 1.46 bits per heavy atom. The highest BCUT2D eigenvalue weighted by Crippen LogP contribution is 2.27. The maximum Gasteiger partial charge on any atom is 0.306 e. The highest BCUT2D eigenvalue weighted by molar-refractivity contribution is 7.98. The lowest BCUT2D eigenvalue weighted by Gasteiger charge is -2.09. The number of ether oxygens (including phenoxy) is 3. The van der Waals surface area contributed by atoms with Gasteiger partial charge in [0.1, 0.15) is 0 Å². The monoisotopic (exact) mass is 402 g/mol. The van der Waals surface area contributed by atoms with Gasteiger partial charge in [-0.25, -0.2) is 0 Å². The minimum Gasteiger partial charge on any atom is -0.493 e. The van der Waals surface area contributed by atoms with E-state index in [4.69, 9.17) is 14.2 Å². The molecule has 0 amide bonds. The van der Waals surface area contributed by atoms with Crippen molar-refractivity contribution in [3.63, 3.8) is 0 Å². The maximum absolute atomic E-state index is 12.2. The number of thioether (sulfide) groups is 1. The van der Waals surface area contributed by atoms with Gasteiger partial charge in [-0.1, -0.05) is 12.1 Å². The largest absolute Gasteiger partial charge is 0.493 e. The fourth-order valence-corrected chi connectivity index (χ4v) is 2.86.